The average Bonchev–Trinajstić information content (AvgIpc) is 3.65. The molecule has 1 atom stereocenters. The molecule has 1 aliphatic carbocycles. The summed E-state index contributed by atoms with van der Waals surface area (Å²) < 4.78 is 22.7. The number of nitrogens with zero attached hydrogens (tertiary/aromatic N) is 3. The molecule has 184 valence electrons. The molecule has 1 fully saturated rings. The van der Waals surface area contributed by atoms with E-state index in [4.69, 9.17) is 18.4 Å². The number of hydrogen-bond donors (Lipinski definition) is 0. The SMILES string of the molecule is COc1ccc([C@@H](C#Cc2cccc(-c3noc(C)n3)c2)Cc2nc(C)co2)cc1OC1CCCC1. The van der Waals surface area contributed by atoms with Gasteiger partial charge in [-0.15, -0.1) is 0 Å². The quantitative estimate of drug-likeness (QED) is 0.296. The minimum Gasteiger partial charge on any atom is -0.493 e. The Bertz CT molecular complexity index is 1390. The van der Waals surface area contributed by atoms with Crippen molar-refractivity contribution in [3.63, 3.8) is 0 Å². The van der Waals surface area contributed by atoms with Crippen molar-refractivity contribution < 1.29 is 18.4 Å². The van der Waals surface area contributed by atoms with Gasteiger partial charge in [-0.2, -0.15) is 4.98 Å². The molecule has 0 aliphatic heterocycles. The van der Waals surface area contributed by atoms with Gasteiger partial charge >= 0.3 is 0 Å². The van der Waals surface area contributed by atoms with Crippen molar-refractivity contribution in [3.8, 4) is 34.7 Å². The van der Waals surface area contributed by atoms with Crippen LogP contribution in [0, 0.1) is 25.7 Å². The Balaban J connectivity index is 1.47. The number of aryl methyl sites for hydroxylation is 2. The van der Waals surface area contributed by atoms with Gasteiger partial charge in [0.1, 0.15) is 6.26 Å². The maximum Gasteiger partial charge on any atom is 0.223 e. The number of hydrogen-bond acceptors (Lipinski definition) is 7. The molecule has 0 bridgehead atoms. The molecule has 7 heteroatoms. The van der Waals surface area contributed by atoms with E-state index in [1.54, 1.807) is 20.3 Å². The van der Waals surface area contributed by atoms with Gasteiger partial charge in [0.05, 0.1) is 24.8 Å². The first-order chi connectivity index (χ1) is 17.6. The zero-order valence-electron chi connectivity index (χ0n) is 20.8. The van der Waals surface area contributed by atoms with Crippen LogP contribution in [0.15, 0.2) is 57.7 Å². The highest BCUT2D eigenvalue weighted by molar-refractivity contribution is 5.58. The highest BCUT2D eigenvalue weighted by atomic mass is 16.5. The normalized spacial score (nSPS) is 14.3. The Hall–Kier alpha value is -4.05. The first kappa shape index (κ1) is 23.7. The fourth-order valence-corrected chi connectivity index (χ4v) is 4.43. The number of methoxy groups -OCH3 is 1. The molecule has 2 heterocycles. The lowest BCUT2D eigenvalue weighted by molar-refractivity contribution is 0.200. The number of rotatable bonds is 7. The standard InChI is InChI=1S/C29H29N3O4/c1-19-18-34-28(30-19)17-23(12-11-21-7-6-8-24(15-21)29-31-20(2)36-32-29)22-13-14-26(33-3)27(16-22)35-25-9-4-5-10-25/h6-8,13-16,18,23,25H,4-5,9-10,17H2,1-3H3/t23-/m0/s1. The zero-order chi connectivity index (χ0) is 24.9. The minimum absolute atomic E-state index is 0.157. The fourth-order valence-electron chi connectivity index (χ4n) is 4.43. The second kappa shape index (κ2) is 10.7. The average molecular weight is 484 g/mol. The van der Waals surface area contributed by atoms with Crippen molar-refractivity contribution in [2.24, 2.45) is 0 Å². The monoisotopic (exact) mass is 483 g/mol. The van der Waals surface area contributed by atoms with Gasteiger partial charge in [-0.25, -0.2) is 4.98 Å². The van der Waals surface area contributed by atoms with Gasteiger partial charge < -0.3 is 18.4 Å². The lowest BCUT2D eigenvalue weighted by Gasteiger charge is -2.18. The molecule has 7 nitrogen and oxygen atoms in total. The molecule has 0 amide bonds. The summed E-state index contributed by atoms with van der Waals surface area (Å²) in [4.78, 5) is 8.83. The maximum absolute atomic E-state index is 6.34. The summed E-state index contributed by atoms with van der Waals surface area (Å²) >= 11 is 0. The van der Waals surface area contributed by atoms with E-state index in [0.29, 0.717) is 24.0 Å². The molecule has 0 unspecified atom stereocenters. The molecule has 2 aromatic carbocycles. The Morgan fingerprint density at radius 1 is 1.06 bits per heavy atom. The Labute approximate surface area is 210 Å². The molecule has 4 aromatic rings. The predicted molar refractivity (Wildman–Crippen MR) is 135 cm³/mol. The van der Waals surface area contributed by atoms with Gasteiger partial charge in [0, 0.05) is 24.5 Å². The first-order valence-corrected chi connectivity index (χ1v) is 12.3. The van der Waals surface area contributed by atoms with Gasteiger partial charge in [0.15, 0.2) is 17.4 Å². The predicted octanol–water partition coefficient (Wildman–Crippen LogP) is 6.05. The number of benzene rings is 2. The Kier molecular flexibility index (Phi) is 7.03. The number of ether oxygens (including phenoxy) is 2. The summed E-state index contributed by atoms with van der Waals surface area (Å²) in [5.74, 6) is 9.83. The van der Waals surface area contributed by atoms with Crippen molar-refractivity contribution in [2.75, 3.05) is 7.11 Å². The van der Waals surface area contributed by atoms with Gasteiger partial charge in [0.2, 0.25) is 11.7 Å². The van der Waals surface area contributed by atoms with Crippen LogP contribution in [-0.2, 0) is 6.42 Å². The topological polar surface area (TPSA) is 83.4 Å². The smallest absolute Gasteiger partial charge is 0.223 e. The van der Waals surface area contributed by atoms with E-state index < -0.39 is 0 Å². The van der Waals surface area contributed by atoms with E-state index in [2.05, 4.69) is 27.0 Å². The lowest BCUT2D eigenvalue weighted by Crippen LogP contribution is -2.12. The summed E-state index contributed by atoms with van der Waals surface area (Å²) in [6.45, 7) is 3.69. The van der Waals surface area contributed by atoms with E-state index in [1.165, 1.54) is 12.8 Å². The zero-order valence-corrected chi connectivity index (χ0v) is 20.8. The molecule has 1 aliphatic rings. The first-order valence-electron chi connectivity index (χ1n) is 12.3. The van der Waals surface area contributed by atoms with Gasteiger partial charge in [0.25, 0.3) is 0 Å². The van der Waals surface area contributed by atoms with Crippen molar-refractivity contribution >= 4 is 0 Å². The summed E-state index contributed by atoms with van der Waals surface area (Å²) in [5.41, 5.74) is 3.59. The Morgan fingerprint density at radius 3 is 2.64 bits per heavy atom. The van der Waals surface area contributed by atoms with Gasteiger partial charge in [-0.3, -0.25) is 0 Å². The number of oxazole rings is 1. The Morgan fingerprint density at radius 2 is 1.92 bits per heavy atom. The number of aromatic nitrogens is 3. The molecule has 2 aromatic heterocycles. The van der Waals surface area contributed by atoms with Crippen molar-refractivity contribution in [1.82, 2.24) is 15.1 Å². The summed E-state index contributed by atoms with van der Waals surface area (Å²) in [5, 5.41) is 4.02. The van der Waals surface area contributed by atoms with E-state index in [-0.39, 0.29) is 12.0 Å². The largest absolute Gasteiger partial charge is 0.493 e. The molecule has 36 heavy (non-hydrogen) atoms. The van der Waals surface area contributed by atoms with Crippen molar-refractivity contribution in [3.05, 3.63) is 77.3 Å². The van der Waals surface area contributed by atoms with Crippen LogP contribution in [-0.4, -0.2) is 28.3 Å². The molecule has 0 N–H and O–H groups in total. The van der Waals surface area contributed by atoms with Crippen molar-refractivity contribution in [1.29, 1.82) is 0 Å². The van der Waals surface area contributed by atoms with Gasteiger partial charge in [-0.05, 0) is 62.4 Å². The van der Waals surface area contributed by atoms with Crippen LogP contribution in [0.1, 0.15) is 60.2 Å². The third-order valence-corrected chi connectivity index (χ3v) is 6.27. The second-order valence-electron chi connectivity index (χ2n) is 9.06. The van der Waals surface area contributed by atoms with Crippen LogP contribution in [0.4, 0.5) is 0 Å². The summed E-state index contributed by atoms with van der Waals surface area (Å²) in [6.07, 6.45) is 6.98. The van der Waals surface area contributed by atoms with Crippen LogP contribution >= 0.6 is 0 Å². The maximum atomic E-state index is 6.34. The molecule has 1 saturated carbocycles. The van der Waals surface area contributed by atoms with E-state index in [1.807, 2.05) is 49.4 Å². The van der Waals surface area contributed by atoms with Crippen LogP contribution in [0.2, 0.25) is 0 Å². The van der Waals surface area contributed by atoms with Crippen LogP contribution in [0.25, 0.3) is 11.4 Å². The second-order valence-corrected chi connectivity index (χ2v) is 9.06. The highest BCUT2D eigenvalue weighted by Crippen LogP contribution is 2.35. The van der Waals surface area contributed by atoms with Crippen molar-refractivity contribution in [2.45, 2.75) is 58.0 Å². The van der Waals surface area contributed by atoms with E-state index in [9.17, 15) is 0 Å². The third kappa shape index (κ3) is 5.60. The fraction of sp³-hybridized carbons (Fsp3) is 0.345. The van der Waals surface area contributed by atoms with E-state index >= 15 is 0 Å². The van der Waals surface area contributed by atoms with E-state index in [0.717, 1.165) is 46.7 Å². The van der Waals surface area contributed by atoms with Crippen LogP contribution < -0.4 is 9.47 Å². The van der Waals surface area contributed by atoms with Crippen LogP contribution in [0.3, 0.4) is 0 Å². The molecule has 0 spiro atoms. The van der Waals surface area contributed by atoms with Gasteiger partial charge in [-0.1, -0.05) is 35.2 Å². The molecular formula is C29H29N3O4. The minimum atomic E-state index is -0.157. The summed E-state index contributed by atoms with van der Waals surface area (Å²) in [7, 11) is 1.67. The molecular weight excluding hydrogens is 454 g/mol. The third-order valence-electron chi connectivity index (χ3n) is 6.27. The molecule has 0 saturated heterocycles. The van der Waals surface area contributed by atoms with Crippen LogP contribution in [0.5, 0.6) is 11.5 Å². The summed E-state index contributed by atoms with van der Waals surface area (Å²) in [6, 6.07) is 13.9. The molecule has 0 radical (unpaired) electrons. The highest BCUT2D eigenvalue weighted by Gasteiger charge is 2.21. The lowest BCUT2D eigenvalue weighted by atomic mass is 9.95. The molecule has 5 rings (SSSR count).